The standard InChI is InChI=1S/C40H72N2O11/c1-15-31-40(10)35(52-37(44)53-40)28(7)42(13)21-23(2)18-39(9,45)34(51-32-17-29(41(11)12)16-24(3)48-32)26(5)30(27(6)36(43)50-31)22-47-33-20-38(8,46-14)19-25(4)49-33/h23-35,45H,15-22H2,1-14H3/t23-,24?,25?,26+,27?,28?,29?,30+,31-,32?,33-,34-,35+,38+,39-,40-/m1/s1. The first-order valence-corrected chi connectivity index (χ1v) is 19.9. The van der Waals surface area contributed by atoms with Gasteiger partial charge in [0.1, 0.15) is 6.10 Å². The third-order valence-corrected chi connectivity index (χ3v) is 12.8. The van der Waals surface area contributed by atoms with Gasteiger partial charge in [-0.25, -0.2) is 4.79 Å². The van der Waals surface area contributed by atoms with E-state index in [0.29, 0.717) is 32.2 Å². The smallest absolute Gasteiger partial charge is 0.458 e. The van der Waals surface area contributed by atoms with Crippen LogP contribution in [0.3, 0.4) is 0 Å². The number of carbonyl (C=O) groups is 2. The number of likely N-dealkylation sites (N-methyl/N-ethyl adjacent to an activating group) is 1. The van der Waals surface area contributed by atoms with Crippen molar-refractivity contribution in [2.24, 2.45) is 23.7 Å². The average molecular weight is 757 g/mol. The van der Waals surface area contributed by atoms with Gasteiger partial charge in [0.05, 0.1) is 42.0 Å². The lowest BCUT2D eigenvalue weighted by molar-refractivity contribution is -0.271. The second-order valence-electron chi connectivity index (χ2n) is 17.9. The van der Waals surface area contributed by atoms with Gasteiger partial charge in [-0.15, -0.1) is 0 Å². The molecule has 4 aliphatic rings. The molecule has 4 heterocycles. The Morgan fingerprint density at radius 3 is 2.21 bits per heavy atom. The lowest BCUT2D eigenvalue weighted by Gasteiger charge is -2.46. The summed E-state index contributed by atoms with van der Waals surface area (Å²) in [5.74, 6) is -2.06. The number of methoxy groups -OCH3 is 1. The number of esters is 1. The Balaban J connectivity index is 1.76. The molecule has 4 saturated heterocycles. The van der Waals surface area contributed by atoms with Crippen molar-refractivity contribution >= 4 is 12.1 Å². The van der Waals surface area contributed by atoms with Crippen molar-refractivity contribution in [2.45, 2.75) is 180 Å². The van der Waals surface area contributed by atoms with E-state index >= 15 is 0 Å². The van der Waals surface area contributed by atoms with Crippen molar-refractivity contribution in [3.8, 4) is 0 Å². The lowest BCUT2D eigenvalue weighted by Crippen LogP contribution is -2.57. The van der Waals surface area contributed by atoms with Gasteiger partial charge in [0.2, 0.25) is 0 Å². The van der Waals surface area contributed by atoms with Crippen molar-refractivity contribution in [2.75, 3.05) is 41.4 Å². The summed E-state index contributed by atoms with van der Waals surface area (Å²) in [6, 6.07) is -0.0333. The lowest BCUT2D eigenvalue weighted by atomic mass is 9.73. The van der Waals surface area contributed by atoms with Crippen LogP contribution < -0.4 is 0 Å². The van der Waals surface area contributed by atoms with Gasteiger partial charge in [-0.1, -0.05) is 27.7 Å². The molecule has 0 aromatic rings. The molecule has 0 aliphatic carbocycles. The fourth-order valence-corrected chi connectivity index (χ4v) is 9.55. The Kier molecular flexibility index (Phi) is 14.7. The zero-order valence-corrected chi connectivity index (χ0v) is 35.1. The molecular formula is C40H72N2O11. The first-order chi connectivity index (χ1) is 24.6. The highest BCUT2D eigenvalue weighted by molar-refractivity contribution is 5.73. The van der Waals surface area contributed by atoms with Crippen LogP contribution in [0.15, 0.2) is 0 Å². The van der Waals surface area contributed by atoms with Crippen LogP contribution >= 0.6 is 0 Å². The van der Waals surface area contributed by atoms with Gasteiger partial charge in [-0.2, -0.15) is 0 Å². The molecule has 0 aromatic carbocycles. The zero-order valence-electron chi connectivity index (χ0n) is 35.1. The molecule has 1 N–H and O–H groups in total. The number of nitrogens with zero attached hydrogens (tertiary/aromatic N) is 2. The monoisotopic (exact) mass is 757 g/mol. The number of rotatable bonds is 8. The van der Waals surface area contributed by atoms with Crippen molar-refractivity contribution in [3.63, 3.8) is 0 Å². The van der Waals surface area contributed by atoms with Gasteiger partial charge in [0.25, 0.3) is 0 Å². The fraction of sp³-hybridized carbons (Fsp3) is 0.950. The van der Waals surface area contributed by atoms with Crippen molar-refractivity contribution in [1.82, 2.24) is 9.80 Å². The predicted octanol–water partition coefficient (Wildman–Crippen LogP) is 5.39. The maximum atomic E-state index is 14.4. The van der Waals surface area contributed by atoms with E-state index in [4.69, 9.17) is 37.9 Å². The van der Waals surface area contributed by atoms with E-state index in [1.165, 1.54) is 0 Å². The summed E-state index contributed by atoms with van der Waals surface area (Å²) >= 11 is 0. The van der Waals surface area contributed by atoms with Crippen LogP contribution in [-0.2, 0) is 42.7 Å². The van der Waals surface area contributed by atoms with E-state index in [9.17, 15) is 14.7 Å². The summed E-state index contributed by atoms with van der Waals surface area (Å²) in [6.07, 6.45) is -0.650. The molecule has 0 aromatic heterocycles. The zero-order chi connectivity index (χ0) is 39.6. The van der Waals surface area contributed by atoms with Gasteiger partial charge < -0.3 is 47.9 Å². The van der Waals surface area contributed by atoms with Crippen molar-refractivity contribution < 1.29 is 52.6 Å². The Bertz CT molecular complexity index is 1220. The summed E-state index contributed by atoms with van der Waals surface area (Å²) in [6.45, 7) is 20.3. The first-order valence-electron chi connectivity index (χ1n) is 19.9. The first kappa shape index (κ1) is 44.1. The quantitative estimate of drug-likeness (QED) is 0.318. The van der Waals surface area contributed by atoms with Gasteiger partial charge >= 0.3 is 12.1 Å². The number of hydrogen-bond acceptors (Lipinski definition) is 13. The molecule has 13 heteroatoms. The Labute approximate surface area is 318 Å². The second kappa shape index (κ2) is 17.7. The second-order valence-corrected chi connectivity index (χ2v) is 17.9. The van der Waals surface area contributed by atoms with Crippen molar-refractivity contribution in [1.29, 1.82) is 0 Å². The minimum atomic E-state index is -1.34. The molecule has 16 atom stereocenters. The van der Waals surface area contributed by atoms with E-state index in [0.717, 1.165) is 12.8 Å². The van der Waals surface area contributed by atoms with Crippen LogP contribution in [0.5, 0.6) is 0 Å². The average Bonchev–Trinajstić information content (AvgIpc) is 3.37. The van der Waals surface area contributed by atoms with Crippen LogP contribution in [0.25, 0.3) is 0 Å². The fourth-order valence-electron chi connectivity index (χ4n) is 9.55. The van der Waals surface area contributed by atoms with Crippen molar-refractivity contribution in [3.05, 3.63) is 0 Å². The normalized spacial score (nSPS) is 46.8. The van der Waals surface area contributed by atoms with Gasteiger partial charge in [0.15, 0.2) is 24.3 Å². The third kappa shape index (κ3) is 10.4. The number of hydrogen-bond donors (Lipinski definition) is 1. The molecule has 0 bridgehead atoms. The Morgan fingerprint density at radius 2 is 1.58 bits per heavy atom. The summed E-state index contributed by atoms with van der Waals surface area (Å²) in [5, 5.41) is 12.6. The van der Waals surface area contributed by atoms with Crippen LogP contribution in [0.2, 0.25) is 0 Å². The van der Waals surface area contributed by atoms with Gasteiger partial charge in [-0.3, -0.25) is 9.69 Å². The van der Waals surface area contributed by atoms with E-state index in [2.05, 4.69) is 44.7 Å². The van der Waals surface area contributed by atoms with E-state index in [-0.39, 0.29) is 36.8 Å². The highest BCUT2D eigenvalue weighted by Crippen LogP contribution is 2.42. The summed E-state index contributed by atoms with van der Waals surface area (Å²) in [4.78, 5) is 31.4. The maximum absolute atomic E-state index is 14.4. The molecule has 6 unspecified atom stereocenters. The van der Waals surface area contributed by atoms with Gasteiger partial charge in [-0.05, 0) is 93.8 Å². The molecule has 4 aliphatic heterocycles. The number of carbonyl (C=O) groups excluding carboxylic acids is 2. The molecule has 0 saturated carbocycles. The molecule has 4 rings (SSSR count). The van der Waals surface area contributed by atoms with Crippen LogP contribution in [-0.4, -0.2) is 140 Å². The Hall–Kier alpha value is -1.58. The number of fused-ring (bicyclic) bond motifs is 1. The summed E-state index contributed by atoms with van der Waals surface area (Å²) in [5.41, 5.74) is -2.98. The molecule has 13 nitrogen and oxygen atoms in total. The summed E-state index contributed by atoms with van der Waals surface area (Å²) in [7, 11) is 7.81. The highest BCUT2D eigenvalue weighted by atomic mass is 16.8. The molecule has 308 valence electrons. The SMILES string of the molecule is CC[C@H]1OC(=O)C(C)[C@@H](CO[C@H]2C[C@@](C)(OC)CC(C)O2)[C@H](C)[C@@H](OC2CC(N(C)C)CC(C)O2)[C@](C)(O)C[C@@H](C)CN(C)C(C)[C@@H]2OC(=O)O[C@]12C. The topological polar surface area (TPSA) is 135 Å². The van der Waals surface area contributed by atoms with Crippen LogP contribution in [0.1, 0.15) is 108 Å². The van der Waals surface area contributed by atoms with E-state index in [1.54, 1.807) is 14.0 Å². The molecule has 0 radical (unpaired) electrons. The van der Waals surface area contributed by atoms with Crippen LogP contribution in [0.4, 0.5) is 4.79 Å². The molecule has 0 amide bonds. The van der Waals surface area contributed by atoms with Crippen LogP contribution in [0, 0.1) is 23.7 Å². The number of cyclic esters (lactones) is 1. The highest BCUT2D eigenvalue weighted by Gasteiger charge is 2.58. The maximum Gasteiger partial charge on any atom is 0.509 e. The molecule has 0 spiro atoms. The summed E-state index contributed by atoms with van der Waals surface area (Å²) < 4.78 is 50.0. The molecular weight excluding hydrogens is 684 g/mol. The van der Waals surface area contributed by atoms with E-state index < -0.39 is 77.6 Å². The van der Waals surface area contributed by atoms with Gasteiger partial charge in [0, 0.05) is 50.9 Å². The predicted molar refractivity (Wildman–Crippen MR) is 199 cm³/mol. The molecule has 4 fully saturated rings. The third-order valence-electron chi connectivity index (χ3n) is 12.8. The molecule has 53 heavy (non-hydrogen) atoms. The number of ether oxygens (including phenoxy) is 8. The number of aliphatic hydroxyl groups is 1. The minimum absolute atomic E-state index is 0.00158. The largest absolute Gasteiger partial charge is 0.509 e. The Morgan fingerprint density at radius 1 is 0.925 bits per heavy atom. The minimum Gasteiger partial charge on any atom is -0.458 e. The van der Waals surface area contributed by atoms with E-state index in [1.807, 2.05) is 48.6 Å².